The number of nitrogens with zero attached hydrogens (tertiary/aromatic N) is 3. The molecule has 1 amide bonds. The number of hydrogen-bond donors (Lipinski definition) is 1. The third-order valence-corrected chi connectivity index (χ3v) is 4.70. The van der Waals surface area contributed by atoms with Gasteiger partial charge in [0, 0.05) is 43.9 Å². The maximum Gasteiger partial charge on any atom is 0.222 e. The van der Waals surface area contributed by atoms with Crippen molar-refractivity contribution in [1.82, 2.24) is 20.0 Å². The van der Waals surface area contributed by atoms with Crippen LogP contribution in [0.1, 0.15) is 50.8 Å². The third kappa shape index (κ3) is 4.28. The second-order valence-corrected chi connectivity index (χ2v) is 7.20. The first-order valence-corrected chi connectivity index (χ1v) is 9.19. The number of aromatic nitrogens is 2. The van der Waals surface area contributed by atoms with E-state index in [4.69, 9.17) is 5.10 Å². The molecule has 1 fully saturated rings. The summed E-state index contributed by atoms with van der Waals surface area (Å²) >= 11 is 0. The zero-order valence-electron chi connectivity index (χ0n) is 15.4. The molecule has 1 aromatic heterocycles. The predicted molar refractivity (Wildman–Crippen MR) is 99.8 cm³/mol. The molecule has 1 unspecified atom stereocenters. The summed E-state index contributed by atoms with van der Waals surface area (Å²) in [6, 6.07) is 10.5. The van der Waals surface area contributed by atoms with E-state index in [1.165, 1.54) is 5.56 Å². The van der Waals surface area contributed by atoms with Crippen LogP contribution >= 0.6 is 0 Å². The van der Waals surface area contributed by atoms with E-state index in [0.29, 0.717) is 12.3 Å². The van der Waals surface area contributed by atoms with Gasteiger partial charge in [-0.05, 0) is 31.4 Å². The van der Waals surface area contributed by atoms with Gasteiger partial charge in [0.25, 0.3) is 0 Å². The van der Waals surface area contributed by atoms with E-state index < -0.39 is 0 Å². The highest BCUT2D eigenvalue weighted by atomic mass is 16.2. The number of likely N-dealkylation sites (tertiary alicyclic amines) is 1. The van der Waals surface area contributed by atoms with Crippen LogP contribution in [-0.2, 0) is 11.3 Å². The number of benzene rings is 1. The maximum atomic E-state index is 11.8. The number of carbonyl (C=O) groups excluding carboxylic acids is 1. The minimum Gasteiger partial charge on any atom is -0.341 e. The Morgan fingerprint density at radius 3 is 2.60 bits per heavy atom. The molecule has 0 spiro atoms. The first-order valence-electron chi connectivity index (χ1n) is 9.19. The molecule has 0 bridgehead atoms. The molecule has 0 aliphatic carbocycles. The van der Waals surface area contributed by atoms with E-state index >= 15 is 0 Å². The van der Waals surface area contributed by atoms with Crippen LogP contribution < -0.4 is 5.32 Å². The molecule has 2 aromatic rings. The monoisotopic (exact) mass is 340 g/mol. The molecule has 1 aromatic carbocycles. The van der Waals surface area contributed by atoms with Gasteiger partial charge in [0.15, 0.2) is 0 Å². The molecule has 2 heterocycles. The van der Waals surface area contributed by atoms with Crippen molar-refractivity contribution in [2.75, 3.05) is 13.1 Å². The van der Waals surface area contributed by atoms with Crippen LogP contribution in [0.3, 0.4) is 0 Å². The van der Waals surface area contributed by atoms with Crippen molar-refractivity contribution >= 4 is 5.91 Å². The molecule has 0 radical (unpaired) electrons. The molecular formula is C20H28N4O. The van der Waals surface area contributed by atoms with E-state index in [-0.39, 0.29) is 11.9 Å². The molecule has 134 valence electrons. The molecule has 3 rings (SSSR count). The number of rotatable bonds is 7. The molecule has 1 N–H and O–H groups in total. The van der Waals surface area contributed by atoms with Crippen molar-refractivity contribution in [3.63, 3.8) is 0 Å². The SMILES string of the molecule is CC(CN1CCCC1=O)NCc1cn(-c2ccccc2)nc1C(C)C. The van der Waals surface area contributed by atoms with Crippen LogP contribution in [0.5, 0.6) is 0 Å². The lowest BCUT2D eigenvalue weighted by atomic mass is 10.1. The molecular weight excluding hydrogens is 312 g/mol. The summed E-state index contributed by atoms with van der Waals surface area (Å²) in [5, 5.41) is 8.34. The summed E-state index contributed by atoms with van der Waals surface area (Å²) in [6.45, 7) is 8.93. The van der Waals surface area contributed by atoms with Gasteiger partial charge >= 0.3 is 0 Å². The van der Waals surface area contributed by atoms with Crippen molar-refractivity contribution in [3.05, 3.63) is 47.8 Å². The summed E-state index contributed by atoms with van der Waals surface area (Å²) in [7, 11) is 0. The van der Waals surface area contributed by atoms with Crippen molar-refractivity contribution < 1.29 is 4.79 Å². The lowest BCUT2D eigenvalue weighted by molar-refractivity contribution is -0.127. The minimum atomic E-state index is 0.266. The minimum absolute atomic E-state index is 0.266. The van der Waals surface area contributed by atoms with Crippen molar-refractivity contribution in [2.45, 2.75) is 52.1 Å². The van der Waals surface area contributed by atoms with Crippen LogP contribution in [0.2, 0.25) is 0 Å². The highest BCUT2D eigenvalue weighted by Crippen LogP contribution is 2.20. The summed E-state index contributed by atoms with van der Waals surface area (Å²) in [4.78, 5) is 13.7. The molecule has 5 nitrogen and oxygen atoms in total. The maximum absolute atomic E-state index is 11.8. The van der Waals surface area contributed by atoms with Crippen molar-refractivity contribution in [2.24, 2.45) is 0 Å². The number of hydrogen-bond acceptors (Lipinski definition) is 3. The third-order valence-electron chi connectivity index (χ3n) is 4.70. The molecule has 1 saturated heterocycles. The highest BCUT2D eigenvalue weighted by Gasteiger charge is 2.22. The summed E-state index contributed by atoms with van der Waals surface area (Å²) in [5.74, 6) is 0.658. The van der Waals surface area contributed by atoms with Gasteiger partial charge in [0.1, 0.15) is 0 Å². The zero-order valence-corrected chi connectivity index (χ0v) is 15.4. The van der Waals surface area contributed by atoms with Crippen LogP contribution in [-0.4, -0.2) is 39.7 Å². The average Bonchev–Trinajstić information content (AvgIpc) is 3.21. The highest BCUT2D eigenvalue weighted by molar-refractivity contribution is 5.78. The topological polar surface area (TPSA) is 50.2 Å². The summed E-state index contributed by atoms with van der Waals surface area (Å²) in [6.07, 6.45) is 3.81. The van der Waals surface area contributed by atoms with E-state index in [0.717, 1.165) is 37.4 Å². The second kappa shape index (κ2) is 7.83. The van der Waals surface area contributed by atoms with Crippen LogP contribution in [0.25, 0.3) is 5.69 Å². The lowest BCUT2D eigenvalue weighted by Crippen LogP contribution is -2.39. The van der Waals surface area contributed by atoms with E-state index in [1.54, 1.807) is 0 Å². The van der Waals surface area contributed by atoms with E-state index in [9.17, 15) is 4.79 Å². The Morgan fingerprint density at radius 1 is 1.20 bits per heavy atom. The number of para-hydroxylation sites is 1. The van der Waals surface area contributed by atoms with Crippen LogP contribution in [0.15, 0.2) is 36.5 Å². The van der Waals surface area contributed by atoms with Crippen molar-refractivity contribution in [3.8, 4) is 5.69 Å². The smallest absolute Gasteiger partial charge is 0.222 e. The Hall–Kier alpha value is -2.14. The van der Waals surface area contributed by atoms with Gasteiger partial charge in [0.2, 0.25) is 5.91 Å². The fourth-order valence-electron chi connectivity index (χ4n) is 3.33. The molecule has 5 heteroatoms. The Balaban J connectivity index is 1.66. The number of carbonyl (C=O) groups is 1. The second-order valence-electron chi connectivity index (χ2n) is 7.20. The van der Waals surface area contributed by atoms with E-state index in [1.807, 2.05) is 27.8 Å². The normalized spacial score (nSPS) is 16.0. The van der Waals surface area contributed by atoms with Gasteiger partial charge in [-0.25, -0.2) is 4.68 Å². The van der Waals surface area contributed by atoms with Gasteiger partial charge < -0.3 is 10.2 Å². The molecule has 1 aliphatic heterocycles. The fraction of sp³-hybridized carbons (Fsp3) is 0.500. The van der Waals surface area contributed by atoms with Crippen LogP contribution in [0, 0.1) is 0 Å². The fourth-order valence-corrected chi connectivity index (χ4v) is 3.33. The number of amides is 1. The quantitative estimate of drug-likeness (QED) is 0.843. The molecule has 1 atom stereocenters. The average molecular weight is 340 g/mol. The van der Waals surface area contributed by atoms with Gasteiger partial charge in [0.05, 0.1) is 11.4 Å². The first kappa shape index (κ1) is 17.7. The zero-order chi connectivity index (χ0) is 17.8. The lowest BCUT2D eigenvalue weighted by Gasteiger charge is -2.21. The summed E-state index contributed by atoms with van der Waals surface area (Å²) in [5.41, 5.74) is 3.42. The van der Waals surface area contributed by atoms with Crippen molar-refractivity contribution in [1.29, 1.82) is 0 Å². The Kier molecular flexibility index (Phi) is 5.53. The Morgan fingerprint density at radius 2 is 1.96 bits per heavy atom. The van der Waals surface area contributed by atoms with E-state index in [2.05, 4.69) is 44.4 Å². The van der Waals surface area contributed by atoms with Gasteiger partial charge in [-0.15, -0.1) is 0 Å². The largest absolute Gasteiger partial charge is 0.341 e. The van der Waals surface area contributed by atoms with Gasteiger partial charge in [-0.2, -0.15) is 5.10 Å². The standard InChI is InChI=1S/C20H28N4O/c1-15(2)20-17(14-24(22-20)18-8-5-4-6-9-18)12-21-16(3)13-23-11-7-10-19(23)25/h4-6,8-9,14-16,21H,7,10-13H2,1-3H3. The van der Waals surface area contributed by atoms with Gasteiger partial charge in [-0.3, -0.25) is 4.79 Å². The van der Waals surface area contributed by atoms with Gasteiger partial charge in [-0.1, -0.05) is 32.0 Å². The molecule has 0 saturated carbocycles. The number of nitrogens with one attached hydrogen (secondary N) is 1. The predicted octanol–water partition coefficient (Wildman–Crippen LogP) is 3.10. The molecule has 25 heavy (non-hydrogen) atoms. The summed E-state index contributed by atoms with van der Waals surface area (Å²) < 4.78 is 1.96. The Labute approximate surface area is 150 Å². The van der Waals surface area contributed by atoms with Crippen LogP contribution in [0.4, 0.5) is 0 Å². The Bertz CT molecular complexity index is 708. The molecule has 1 aliphatic rings. The first-order chi connectivity index (χ1) is 12.0.